The van der Waals surface area contributed by atoms with Crippen LogP contribution in [0.4, 0.5) is 0 Å². The Bertz CT molecular complexity index is 421. The van der Waals surface area contributed by atoms with Gasteiger partial charge in [0.15, 0.2) is 0 Å². The van der Waals surface area contributed by atoms with Crippen LogP contribution in [0.5, 0.6) is 0 Å². The largest absolute Gasteiger partial charge is 0.369 e. The zero-order valence-corrected chi connectivity index (χ0v) is 11.6. The Morgan fingerprint density at radius 1 is 1.37 bits per heavy atom. The standard InChI is InChI=1S/C15H22N2O2/c1-11-10-19-15(13-6-4-3-5-7-13)12(2)17(11)14(18)8-9-16/h3-7,11-12,15H,8-10,16H2,1-2H3/t11-,12+,15-/m1/s1. The van der Waals surface area contributed by atoms with Crippen molar-refractivity contribution in [2.24, 2.45) is 5.73 Å². The first-order chi connectivity index (χ1) is 9.15. The molecule has 1 aliphatic heterocycles. The number of rotatable bonds is 3. The molecule has 0 bridgehead atoms. The Morgan fingerprint density at radius 3 is 2.68 bits per heavy atom. The van der Waals surface area contributed by atoms with E-state index in [0.717, 1.165) is 5.56 Å². The van der Waals surface area contributed by atoms with Gasteiger partial charge >= 0.3 is 0 Å². The van der Waals surface area contributed by atoms with Gasteiger partial charge in [-0.1, -0.05) is 30.3 Å². The van der Waals surface area contributed by atoms with Crippen molar-refractivity contribution in [1.29, 1.82) is 0 Å². The number of carbonyl (C=O) groups excluding carboxylic acids is 1. The minimum atomic E-state index is -0.0564. The van der Waals surface area contributed by atoms with Crippen LogP contribution in [0.3, 0.4) is 0 Å². The number of nitrogens with zero attached hydrogens (tertiary/aromatic N) is 1. The summed E-state index contributed by atoms with van der Waals surface area (Å²) in [6.07, 6.45) is 0.343. The fourth-order valence-corrected chi connectivity index (χ4v) is 2.75. The topological polar surface area (TPSA) is 55.6 Å². The molecule has 0 unspecified atom stereocenters. The van der Waals surface area contributed by atoms with Gasteiger partial charge in [0.25, 0.3) is 0 Å². The highest BCUT2D eigenvalue weighted by Crippen LogP contribution is 2.31. The number of nitrogens with two attached hydrogens (primary N) is 1. The minimum Gasteiger partial charge on any atom is -0.369 e. The molecule has 1 heterocycles. The lowest BCUT2D eigenvalue weighted by Gasteiger charge is -2.44. The zero-order valence-electron chi connectivity index (χ0n) is 11.6. The van der Waals surface area contributed by atoms with Crippen molar-refractivity contribution < 1.29 is 9.53 Å². The number of ether oxygens (including phenoxy) is 1. The fraction of sp³-hybridized carbons (Fsp3) is 0.533. The van der Waals surface area contributed by atoms with Gasteiger partial charge in [0.1, 0.15) is 6.10 Å². The summed E-state index contributed by atoms with van der Waals surface area (Å²) in [7, 11) is 0. The van der Waals surface area contributed by atoms with Gasteiger partial charge in [0.05, 0.1) is 18.7 Å². The van der Waals surface area contributed by atoms with Crippen molar-refractivity contribution in [3.8, 4) is 0 Å². The van der Waals surface area contributed by atoms with Crippen LogP contribution < -0.4 is 5.73 Å². The van der Waals surface area contributed by atoms with Gasteiger partial charge in [-0.15, -0.1) is 0 Å². The Hall–Kier alpha value is -1.39. The van der Waals surface area contributed by atoms with Crippen LogP contribution in [0.2, 0.25) is 0 Å². The van der Waals surface area contributed by atoms with E-state index in [2.05, 4.69) is 0 Å². The van der Waals surface area contributed by atoms with E-state index in [1.165, 1.54) is 0 Å². The smallest absolute Gasteiger partial charge is 0.224 e. The maximum atomic E-state index is 12.2. The molecule has 1 aromatic rings. The maximum Gasteiger partial charge on any atom is 0.224 e. The van der Waals surface area contributed by atoms with E-state index in [1.54, 1.807) is 0 Å². The summed E-state index contributed by atoms with van der Waals surface area (Å²) in [5.74, 6) is 0.117. The van der Waals surface area contributed by atoms with Crippen molar-refractivity contribution in [3.63, 3.8) is 0 Å². The van der Waals surface area contributed by atoms with E-state index in [4.69, 9.17) is 10.5 Å². The van der Waals surface area contributed by atoms with E-state index < -0.39 is 0 Å². The molecule has 2 N–H and O–H groups in total. The lowest BCUT2D eigenvalue weighted by atomic mass is 9.98. The molecule has 0 aromatic heterocycles. The number of hydrogen-bond donors (Lipinski definition) is 1. The molecule has 1 amide bonds. The molecule has 104 valence electrons. The number of amides is 1. The third kappa shape index (κ3) is 2.96. The first-order valence-electron chi connectivity index (χ1n) is 6.83. The maximum absolute atomic E-state index is 12.2. The molecule has 19 heavy (non-hydrogen) atoms. The van der Waals surface area contributed by atoms with E-state index in [9.17, 15) is 4.79 Å². The van der Waals surface area contributed by atoms with Crippen LogP contribution in [-0.2, 0) is 9.53 Å². The number of carbonyl (C=O) groups is 1. The van der Waals surface area contributed by atoms with Crippen LogP contribution in [0.1, 0.15) is 31.9 Å². The van der Waals surface area contributed by atoms with Crippen LogP contribution in [0, 0.1) is 0 Å². The summed E-state index contributed by atoms with van der Waals surface area (Å²) in [5.41, 5.74) is 6.61. The summed E-state index contributed by atoms with van der Waals surface area (Å²) in [4.78, 5) is 14.1. The van der Waals surface area contributed by atoms with Crippen molar-refractivity contribution in [2.45, 2.75) is 38.5 Å². The molecule has 0 radical (unpaired) electrons. The Morgan fingerprint density at radius 2 is 2.05 bits per heavy atom. The first kappa shape index (κ1) is 14.0. The molecule has 3 atom stereocenters. The molecule has 1 aliphatic rings. The van der Waals surface area contributed by atoms with Crippen LogP contribution in [0.15, 0.2) is 30.3 Å². The van der Waals surface area contributed by atoms with E-state index in [-0.39, 0.29) is 24.1 Å². The number of hydrogen-bond acceptors (Lipinski definition) is 3. The summed E-state index contributed by atoms with van der Waals surface area (Å²) in [5, 5.41) is 0. The third-order valence-corrected chi connectivity index (χ3v) is 3.64. The second-order valence-electron chi connectivity index (χ2n) is 5.09. The lowest BCUT2D eigenvalue weighted by molar-refractivity contribution is -0.153. The predicted molar refractivity (Wildman–Crippen MR) is 74.6 cm³/mol. The quantitative estimate of drug-likeness (QED) is 0.902. The molecule has 0 aliphatic carbocycles. The lowest BCUT2D eigenvalue weighted by Crippen LogP contribution is -2.53. The molecule has 1 aromatic carbocycles. The Kier molecular flexibility index (Phi) is 4.56. The van der Waals surface area contributed by atoms with Crippen LogP contribution >= 0.6 is 0 Å². The van der Waals surface area contributed by atoms with Crippen LogP contribution in [-0.4, -0.2) is 36.0 Å². The number of morpholine rings is 1. The average Bonchev–Trinajstić information content (AvgIpc) is 2.40. The number of benzene rings is 1. The Balaban J connectivity index is 2.18. The molecule has 2 rings (SSSR count). The van der Waals surface area contributed by atoms with E-state index in [1.807, 2.05) is 49.1 Å². The summed E-state index contributed by atoms with van der Waals surface area (Å²) in [6, 6.07) is 10.2. The second kappa shape index (κ2) is 6.17. The molecule has 0 saturated carbocycles. The summed E-state index contributed by atoms with van der Waals surface area (Å²) < 4.78 is 5.92. The summed E-state index contributed by atoms with van der Waals surface area (Å²) >= 11 is 0. The van der Waals surface area contributed by atoms with Gasteiger partial charge in [0.2, 0.25) is 5.91 Å². The van der Waals surface area contributed by atoms with E-state index >= 15 is 0 Å². The molecular formula is C15H22N2O2. The Labute approximate surface area is 114 Å². The van der Waals surface area contributed by atoms with Gasteiger partial charge in [-0.05, 0) is 19.4 Å². The monoisotopic (exact) mass is 262 g/mol. The van der Waals surface area contributed by atoms with Crippen molar-refractivity contribution in [1.82, 2.24) is 4.90 Å². The highest BCUT2D eigenvalue weighted by atomic mass is 16.5. The first-order valence-corrected chi connectivity index (χ1v) is 6.83. The normalized spacial score (nSPS) is 27.3. The molecule has 4 heteroatoms. The highest BCUT2D eigenvalue weighted by molar-refractivity contribution is 5.77. The molecular weight excluding hydrogens is 240 g/mol. The highest BCUT2D eigenvalue weighted by Gasteiger charge is 2.36. The van der Waals surface area contributed by atoms with Gasteiger partial charge in [-0.2, -0.15) is 0 Å². The summed E-state index contributed by atoms with van der Waals surface area (Å²) in [6.45, 7) is 5.03. The van der Waals surface area contributed by atoms with Gasteiger partial charge in [-0.3, -0.25) is 4.79 Å². The molecule has 1 saturated heterocycles. The van der Waals surface area contributed by atoms with E-state index in [0.29, 0.717) is 19.6 Å². The van der Waals surface area contributed by atoms with Crippen LogP contribution in [0.25, 0.3) is 0 Å². The SMILES string of the molecule is C[C@@H]1CO[C@@H](c2ccccc2)[C@H](C)N1C(=O)CCN. The van der Waals surface area contributed by atoms with Gasteiger partial charge in [-0.25, -0.2) is 0 Å². The zero-order chi connectivity index (χ0) is 13.8. The van der Waals surface area contributed by atoms with Crippen molar-refractivity contribution >= 4 is 5.91 Å². The minimum absolute atomic E-state index is 0.0326. The molecule has 1 fully saturated rings. The molecule has 0 spiro atoms. The fourth-order valence-electron chi connectivity index (χ4n) is 2.75. The third-order valence-electron chi connectivity index (χ3n) is 3.64. The van der Waals surface area contributed by atoms with Gasteiger partial charge in [0, 0.05) is 13.0 Å². The average molecular weight is 262 g/mol. The van der Waals surface area contributed by atoms with Crippen molar-refractivity contribution in [3.05, 3.63) is 35.9 Å². The van der Waals surface area contributed by atoms with Gasteiger partial charge < -0.3 is 15.4 Å². The predicted octanol–water partition coefficient (Wildman–Crippen LogP) is 1.71. The second-order valence-corrected chi connectivity index (χ2v) is 5.09. The molecule has 4 nitrogen and oxygen atoms in total. The van der Waals surface area contributed by atoms with Crippen molar-refractivity contribution in [2.75, 3.05) is 13.2 Å².